The van der Waals surface area contributed by atoms with Gasteiger partial charge in [0.05, 0.1) is 5.02 Å². The maximum Gasteiger partial charge on any atom is 0.0624 e. The van der Waals surface area contributed by atoms with Crippen LogP contribution in [-0.2, 0) is 6.42 Å². The zero-order valence-corrected chi connectivity index (χ0v) is 10.5. The summed E-state index contributed by atoms with van der Waals surface area (Å²) in [6.07, 6.45) is 7.67. The summed E-state index contributed by atoms with van der Waals surface area (Å²) in [7, 11) is 0. The number of rotatable bonds is 4. The summed E-state index contributed by atoms with van der Waals surface area (Å²) in [5.41, 5.74) is 2.49. The van der Waals surface area contributed by atoms with E-state index in [0.717, 1.165) is 28.8 Å². The van der Waals surface area contributed by atoms with Crippen LogP contribution in [0.5, 0.6) is 0 Å². The van der Waals surface area contributed by atoms with Crippen LogP contribution >= 0.6 is 27.5 Å². The molecule has 0 aliphatic heterocycles. The number of halogens is 2. The van der Waals surface area contributed by atoms with Gasteiger partial charge in [-0.15, -0.1) is 0 Å². The van der Waals surface area contributed by atoms with Gasteiger partial charge in [0.25, 0.3) is 0 Å². The second-order valence-electron chi connectivity index (χ2n) is 3.17. The highest BCUT2D eigenvalue weighted by atomic mass is 79.9. The van der Waals surface area contributed by atoms with Crippen molar-refractivity contribution in [2.24, 2.45) is 0 Å². The Morgan fingerprint density at radius 2 is 2.43 bits per heavy atom. The highest BCUT2D eigenvalue weighted by molar-refractivity contribution is 9.09. The third-order valence-corrected chi connectivity index (χ3v) is 2.73. The molecule has 1 nitrogen and oxygen atoms in total. The lowest BCUT2D eigenvalue weighted by Gasteiger charge is -2.03. The summed E-state index contributed by atoms with van der Waals surface area (Å²) in [5, 5.41) is 1.76. The average molecular weight is 275 g/mol. The van der Waals surface area contributed by atoms with Crippen LogP contribution in [0.15, 0.2) is 30.1 Å². The van der Waals surface area contributed by atoms with Crippen molar-refractivity contribution in [2.45, 2.75) is 19.8 Å². The lowest BCUT2D eigenvalue weighted by Crippen LogP contribution is -1.89. The molecule has 0 saturated heterocycles. The smallest absolute Gasteiger partial charge is 0.0624 e. The van der Waals surface area contributed by atoms with E-state index in [4.69, 9.17) is 11.6 Å². The molecular formula is C11H13BrClN. The fraction of sp³-hybridized carbons (Fsp3) is 0.364. The standard InChI is InChI=1S/C11H13BrClN/c1-9(3-2-5-12)7-10-4-6-14-8-11(10)13/h3-4,6,8H,2,5,7H2,1H3. The molecular weight excluding hydrogens is 261 g/mol. The van der Waals surface area contributed by atoms with E-state index in [1.54, 1.807) is 12.4 Å². The highest BCUT2D eigenvalue weighted by Gasteiger charge is 1.99. The predicted octanol–water partition coefficient (Wildman–Crippen LogP) is 4.01. The van der Waals surface area contributed by atoms with Crippen LogP contribution in [0.1, 0.15) is 18.9 Å². The van der Waals surface area contributed by atoms with Crippen LogP contribution in [0.2, 0.25) is 5.02 Å². The molecule has 76 valence electrons. The van der Waals surface area contributed by atoms with Gasteiger partial charge < -0.3 is 0 Å². The maximum absolute atomic E-state index is 6.00. The fourth-order valence-corrected chi connectivity index (χ4v) is 1.64. The molecule has 0 aromatic carbocycles. The summed E-state index contributed by atoms with van der Waals surface area (Å²) < 4.78 is 0. The van der Waals surface area contributed by atoms with E-state index in [1.165, 1.54) is 5.57 Å². The van der Waals surface area contributed by atoms with E-state index in [2.05, 4.69) is 33.9 Å². The quantitative estimate of drug-likeness (QED) is 0.597. The minimum atomic E-state index is 0.749. The van der Waals surface area contributed by atoms with Gasteiger partial charge in [-0.3, -0.25) is 4.98 Å². The van der Waals surface area contributed by atoms with Gasteiger partial charge in [0, 0.05) is 17.7 Å². The van der Waals surface area contributed by atoms with Crippen LogP contribution in [0.4, 0.5) is 0 Å². The van der Waals surface area contributed by atoms with Crippen LogP contribution in [0.25, 0.3) is 0 Å². The SMILES string of the molecule is CC(=CCCBr)Cc1ccncc1Cl. The first kappa shape index (κ1) is 11.7. The Morgan fingerprint density at radius 1 is 1.64 bits per heavy atom. The molecule has 14 heavy (non-hydrogen) atoms. The van der Waals surface area contributed by atoms with Gasteiger partial charge in [-0.1, -0.05) is 39.2 Å². The van der Waals surface area contributed by atoms with Gasteiger partial charge >= 0.3 is 0 Å². The Bertz CT molecular complexity index is 323. The van der Waals surface area contributed by atoms with Gasteiger partial charge in [-0.05, 0) is 31.4 Å². The second kappa shape index (κ2) is 6.20. The molecule has 0 atom stereocenters. The Kier molecular flexibility index (Phi) is 5.20. The van der Waals surface area contributed by atoms with Gasteiger partial charge in [-0.25, -0.2) is 0 Å². The summed E-state index contributed by atoms with van der Waals surface area (Å²) in [5.74, 6) is 0. The summed E-state index contributed by atoms with van der Waals surface area (Å²) >= 11 is 9.40. The molecule has 0 radical (unpaired) electrons. The lowest BCUT2D eigenvalue weighted by molar-refractivity contribution is 1.09. The van der Waals surface area contributed by atoms with Crippen molar-refractivity contribution in [3.8, 4) is 0 Å². The normalized spacial score (nSPS) is 11.8. The molecule has 0 spiro atoms. The molecule has 3 heteroatoms. The van der Waals surface area contributed by atoms with Crippen molar-refractivity contribution in [1.82, 2.24) is 4.98 Å². The molecule has 0 unspecified atom stereocenters. The Morgan fingerprint density at radius 3 is 3.07 bits per heavy atom. The summed E-state index contributed by atoms with van der Waals surface area (Å²) in [6.45, 7) is 2.12. The number of pyridine rings is 1. The van der Waals surface area contributed by atoms with E-state index in [0.29, 0.717) is 0 Å². The van der Waals surface area contributed by atoms with Crippen molar-refractivity contribution in [3.05, 3.63) is 40.7 Å². The predicted molar refractivity (Wildman–Crippen MR) is 65.1 cm³/mol. The Balaban J connectivity index is 2.64. The molecule has 0 aliphatic rings. The molecule has 0 amide bonds. The van der Waals surface area contributed by atoms with Gasteiger partial charge in [0.1, 0.15) is 0 Å². The fourth-order valence-electron chi connectivity index (χ4n) is 1.22. The topological polar surface area (TPSA) is 12.9 Å². The highest BCUT2D eigenvalue weighted by Crippen LogP contribution is 2.17. The number of aromatic nitrogens is 1. The molecule has 0 saturated carbocycles. The maximum atomic E-state index is 6.00. The molecule has 0 N–H and O–H groups in total. The van der Waals surface area contributed by atoms with Crippen LogP contribution in [-0.4, -0.2) is 10.3 Å². The monoisotopic (exact) mass is 273 g/mol. The second-order valence-corrected chi connectivity index (χ2v) is 4.37. The first-order valence-corrected chi connectivity index (χ1v) is 6.04. The van der Waals surface area contributed by atoms with Gasteiger partial charge in [0.15, 0.2) is 0 Å². The molecule has 1 aromatic heterocycles. The third kappa shape index (κ3) is 3.81. The number of nitrogens with zero attached hydrogens (tertiary/aromatic N) is 1. The van der Waals surface area contributed by atoms with Crippen molar-refractivity contribution in [3.63, 3.8) is 0 Å². The van der Waals surface area contributed by atoms with Crippen molar-refractivity contribution >= 4 is 27.5 Å². The van der Waals surface area contributed by atoms with E-state index in [9.17, 15) is 0 Å². The Hall–Kier alpha value is -0.340. The minimum Gasteiger partial charge on any atom is -0.263 e. The average Bonchev–Trinajstić information content (AvgIpc) is 2.18. The van der Waals surface area contributed by atoms with E-state index in [-0.39, 0.29) is 0 Å². The first-order chi connectivity index (χ1) is 6.74. The van der Waals surface area contributed by atoms with E-state index in [1.807, 2.05) is 6.07 Å². The Labute approximate surface area is 98.3 Å². The lowest BCUT2D eigenvalue weighted by atomic mass is 10.1. The van der Waals surface area contributed by atoms with E-state index >= 15 is 0 Å². The molecule has 1 heterocycles. The van der Waals surface area contributed by atoms with Crippen LogP contribution < -0.4 is 0 Å². The van der Waals surface area contributed by atoms with Crippen molar-refractivity contribution < 1.29 is 0 Å². The van der Waals surface area contributed by atoms with Crippen LogP contribution in [0, 0.1) is 0 Å². The first-order valence-electron chi connectivity index (χ1n) is 4.54. The summed E-state index contributed by atoms with van der Waals surface area (Å²) in [6, 6.07) is 1.97. The van der Waals surface area contributed by atoms with Gasteiger partial charge in [0.2, 0.25) is 0 Å². The van der Waals surface area contributed by atoms with E-state index < -0.39 is 0 Å². The molecule has 1 rings (SSSR count). The summed E-state index contributed by atoms with van der Waals surface area (Å²) in [4.78, 5) is 3.96. The van der Waals surface area contributed by atoms with Gasteiger partial charge in [-0.2, -0.15) is 0 Å². The molecule has 0 fully saturated rings. The molecule has 0 bridgehead atoms. The van der Waals surface area contributed by atoms with Crippen molar-refractivity contribution in [2.75, 3.05) is 5.33 Å². The largest absolute Gasteiger partial charge is 0.263 e. The molecule has 1 aromatic rings. The zero-order chi connectivity index (χ0) is 10.4. The van der Waals surface area contributed by atoms with Crippen molar-refractivity contribution in [1.29, 1.82) is 0 Å². The molecule has 0 aliphatic carbocycles. The number of hydrogen-bond acceptors (Lipinski definition) is 1. The zero-order valence-electron chi connectivity index (χ0n) is 8.13. The number of alkyl halides is 1. The number of allylic oxidation sites excluding steroid dienone is 2. The third-order valence-electron chi connectivity index (χ3n) is 1.93. The van der Waals surface area contributed by atoms with Crippen LogP contribution in [0.3, 0.4) is 0 Å². The minimum absolute atomic E-state index is 0.749. The number of hydrogen-bond donors (Lipinski definition) is 0.